The van der Waals surface area contributed by atoms with Crippen LogP contribution in [-0.2, 0) is 11.3 Å². The lowest BCUT2D eigenvalue weighted by molar-refractivity contribution is 0.0600. The van der Waals surface area contributed by atoms with Crippen LogP contribution < -0.4 is 10.1 Å². The average molecular weight is 414 g/mol. The highest BCUT2D eigenvalue weighted by Crippen LogP contribution is 2.24. The van der Waals surface area contributed by atoms with Gasteiger partial charge in [-0.15, -0.1) is 11.3 Å². The maximum Gasteiger partial charge on any atom is 0.337 e. The first-order valence-electron chi connectivity index (χ1n) is 8.72. The lowest BCUT2D eigenvalue weighted by Gasteiger charge is -2.09. The normalized spacial score (nSPS) is 10.5. The Morgan fingerprint density at radius 1 is 1.14 bits per heavy atom. The van der Waals surface area contributed by atoms with Gasteiger partial charge in [0.1, 0.15) is 28.1 Å². The van der Waals surface area contributed by atoms with Gasteiger partial charge in [-0.1, -0.05) is 6.07 Å². The van der Waals surface area contributed by atoms with Crippen LogP contribution in [0.4, 0.5) is 10.1 Å². The SMILES string of the molecule is COC(=O)c1ccc(C)c(NC(=O)c2sc(COc3ccc(F)cc3)nc2C)c1. The molecule has 6 nitrogen and oxygen atoms in total. The number of amides is 1. The van der Waals surface area contributed by atoms with Crippen molar-refractivity contribution in [2.75, 3.05) is 12.4 Å². The monoisotopic (exact) mass is 414 g/mol. The molecule has 0 atom stereocenters. The number of nitrogens with one attached hydrogen (secondary N) is 1. The van der Waals surface area contributed by atoms with Gasteiger partial charge in [-0.25, -0.2) is 14.2 Å². The molecule has 0 spiro atoms. The van der Waals surface area contributed by atoms with Crippen LogP contribution in [0.5, 0.6) is 5.75 Å². The molecule has 0 fully saturated rings. The van der Waals surface area contributed by atoms with Crippen molar-refractivity contribution in [3.8, 4) is 5.75 Å². The Hall–Kier alpha value is -3.26. The molecule has 0 aliphatic heterocycles. The summed E-state index contributed by atoms with van der Waals surface area (Å²) in [6.07, 6.45) is 0. The van der Waals surface area contributed by atoms with Crippen LogP contribution in [0, 0.1) is 19.7 Å². The fraction of sp³-hybridized carbons (Fsp3) is 0.190. The Morgan fingerprint density at radius 3 is 2.55 bits per heavy atom. The van der Waals surface area contributed by atoms with Gasteiger partial charge in [-0.05, 0) is 55.8 Å². The molecule has 8 heteroatoms. The molecule has 2 aromatic carbocycles. The number of esters is 1. The summed E-state index contributed by atoms with van der Waals surface area (Å²) >= 11 is 1.22. The van der Waals surface area contributed by atoms with Crippen LogP contribution in [0.3, 0.4) is 0 Å². The van der Waals surface area contributed by atoms with Crippen molar-refractivity contribution < 1.29 is 23.5 Å². The Balaban J connectivity index is 1.71. The number of methoxy groups -OCH3 is 1. The molecule has 1 N–H and O–H groups in total. The molecule has 0 saturated carbocycles. The zero-order chi connectivity index (χ0) is 21.0. The van der Waals surface area contributed by atoms with Gasteiger partial charge >= 0.3 is 5.97 Å². The summed E-state index contributed by atoms with van der Waals surface area (Å²) in [5, 5.41) is 3.44. The van der Waals surface area contributed by atoms with Gasteiger partial charge in [0, 0.05) is 5.69 Å². The third-order valence-electron chi connectivity index (χ3n) is 4.13. The quantitative estimate of drug-likeness (QED) is 0.600. The molecule has 150 valence electrons. The first-order chi connectivity index (χ1) is 13.9. The van der Waals surface area contributed by atoms with Crippen LogP contribution in [0.2, 0.25) is 0 Å². The van der Waals surface area contributed by atoms with Crippen molar-refractivity contribution in [3.63, 3.8) is 0 Å². The van der Waals surface area contributed by atoms with Crippen LogP contribution in [0.25, 0.3) is 0 Å². The Bertz CT molecular complexity index is 1050. The van der Waals surface area contributed by atoms with E-state index in [2.05, 4.69) is 10.3 Å². The van der Waals surface area contributed by atoms with E-state index in [4.69, 9.17) is 9.47 Å². The van der Waals surface area contributed by atoms with E-state index < -0.39 is 5.97 Å². The summed E-state index contributed by atoms with van der Waals surface area (Å²) in [4.78, 5) is 29.3. The van der Waals surface area contributed by atoms with E-state index in [-0.39, 0.29) is 18.3 Å². The number of carbonyl (C=O) groups excluding carboxylic acids is 2. The summed E-state index contributed by atoms with van der Waals surface area (Å²) in [6, 6.07) is 10.6. The second kappa shape index (κ2) is 8.83. The summed E-state index contributed by atoms with van der Waals surface area (Å²) in [6.45, 7) is 3.74. The van der Waals surface area contributed by atoms with E-state index >= 15 is 0 Å². The highest BCUT2D eigenvalue weighted by molar-refractivity contribution is 7.13. The standard InChI is InChI=1S/C21H19FN2O4S/c1-12-4-5-14(21(26)27-3)10-17(12)24-20(25)19-13(2)23-18(29-19)11-28-16-8-6-15(22)7-9-16/h4-10H,11H2,1-3H3,(H,24,25). The molecule has 0 saturated heterocycles. The fourth-order valence-electron chi connectivity index (χ4n) is 2.58. The van der Waals surface area contributed by atoms with Crippen LogP contribution >= 0.6 is 11.3 Å². The molecular formula is C21H19FN2O4S. The number of thiazole rings is 1. The van der Waals surface area contributed by atoms with Gasteiger partial charge < -0.3 is 14.8 Å². The van der Waals surface area contributed by atoms with Gasteiger partial charge in [0.2, 0.25) is 0 Å². The van der Waals surface area contributed by atoms with Crippen molar-refractivity contribution in [1.29, 1.82) is 0 Å². The maximum absolute atomic E-state index is 13.0. The largest absolute Gasteiger partial charge is 0.486 e. The second-order valence-corrected chi connectivity index (χ2v) is 7.32. The molecule has 3 aromatic rings. The molecule has 0 unspecified atom stereocenters. The Morgan fingerprint density at radius 2 is 1.86 bits per heavy atom. The van der Waals surface area contributed by atoms with Gasteiger partial charge in [0.25, 0.3) is 5.91 Å². The number of carbonyl (C=O) groups is 2. The number of aryl methyl sites for hydroxylation is 2. The Labute approximate surface area is 171 Å². The van der Waals surface area contributed by atoms with Crippen molar-refractivity contribution in [1.82, 2.24) is 4.98 Å². The highest BCUT2D eigenvalue weighted by Gasteiger charge is 2.17. The molecule has 0 radical (unpaired) electrons. The van der Waals surface area contributed by atoms with Crippen molar-refractivity contribution in [2.24, 2.45) is 0 Å². The van der Waals surface area contributed by atoms with Crippen LogP contribution in [-0.4, -0.2) is 24.0 Å². The molecule has 0 bridgehead atoms. The number of aromatic nitrogens is 1. The number of halogens is 1. The lowest BCUT2D eigenvalue weighted by Crippen LogP contribution is -2.13. The number of benzene rings is 2. The predicted octanol–water partition coefficient (Wildman–Crippen LogP) is 4.52. The Kier molecular flexibility index (Phi) is 6.23. The maximum atomic E-state index is 13.0. The first-order valence-corrected chi connectivity index (χ1v) is 9.54. The third-order valence-corrected chi connectivity index (χ3v) is 5.26. The minimum absolute atomic E-state index is 0.168. The molecule has 1 heterocycles. The van der Waals surface area contributed by atoms with Crippen molar-refractivity contribution in [3.05, 3.63) is 75.0 Å². The molecule has 1 aromatic heterocycles. The summed E-state index contributed by atoms with van der Waals surface area (Å²) in [5.74, 6) is -0.624. The average Bonchev–Trinajstić information content (AvgIpc) is 3.09. The predicted molar refractivity (Wildman–Crippen MR) is 108 cm³/mol. The fourth-order valence-corrected chi connectivity index (χ4v) is 3.45. The van der Waals surface area contributed by atoms with Crippen LogP contribution in [0.15, 0.2) is 42.5 Å². The van der Waals surface area contributed by atoms with Gasteiger partial charge in [0.05, 0.1) is 18.4 Å². The smallest absolute Gasteiger partial charge is 0.337 e. The van der Waals surface area contributed by atoms with E-state index in [0.717, 1.165) is 5.56 Å². The highest BCUT2D eigenvalue weighted by atomic mass is 32.1. The minimum atomic E-state index is -0.477. The number of anilines is 1. The third kappa shape index (κ3) is 4.97. The van der Waals surface area contributed by atoms with Gasteiger partial charge in [0.15, 0.2) is 0 Å². The van der Waals surface area contributed by atoms with Crippen molar-refractivity contribution >= 4 is 28.9 Å². The second-order valence-electron chi connectivity index (χ2n) is 6.24. The van der Waals surface area contributed by atoms with Gasteiger partial charge in [-0.2, -0.15) is 0 Å². The van der Waals surface area contributed by atoms with Crippen LogP contribution in [0.1, 0.15) is 36.3 Å². The van der Waals surface area contributed by atoms with E-state index in [1.807, 2.05) is 6.92 Å². The van der Waals surface area contributed by atoms with Gasteiger partial charge in [-0.3, -0.25) is 4.79 Å². The topological polar surface area (TPSA) is 77.5 Å². The summed E-state index contributed by atoms with van der Waals surface area (Å²) in [5.41, 5.74) is 2.26. The molecule has 0 aliphatic carbocycles. The van der Waals surface area contributed by atoms with Crippen molar-refractivity contribution in [2.45, 2.75) is 20.5 Å². The van der Waals surface area contributed by atoms with E-state index in [1.165, 1.54) is 42.7 Å². The molecule has 29 heavy (non-hydrogen) atoms. The van der Waals surface area contributed by atoms with E-state index in [0.29, 0.717) is 32.6 Å². The molecule has 0 aliphatic rings. The lowest BCUT2D eigenvalue weighted by atomic mass is 10.1. The zero-order valence-electron chi connectivity index (χ0n) is 16.1. The van der Waals surface area contributed by atoms with E-state index in [9.17, 15) is 14.0 Å². The van der Waals surface area contributed by atoms with E-state index in [1.54, 1.807) is 25.1 Å². The zero-order valence-corrected chi connectivity index (χ0v) is 16.9. The number of hydrogen-bond acceptors (Lipinski definition) is 6. The molecular weight excluding hydrogens is 395 g/mol. The number of ether oxygens (including phenoxy) is 2. The molecule has 3 rings (SSSR count). The number of nitrogens with zero attached hydrogens (tertiary/aromatic N) is 1. The molecule has 1 amide bonds. The summed E-state index contributed by atoms with van der Waals surface area (Å²) in [7, 11) is 1.30. The minimum Gasteiger partial charge on any atom is -0.486 e. The number of hydrogen-bond donors (Lipinski definition) is 1. The number of rotatable bonds is 6. The summed E-state index contributed by atoms with van der Waals surface area (Å²) < 4.78 is 23.3. The first kappa shape index (κ1) is 20.5.